The maximum absolute atomic E-state index is 12.5. The van der Waals surface area contributed by atoms with Crippen LogP contribution in [0.5, 0.6) is 5.75 Å². The highest BCUT2D eigenvalue weighted by molar-refractivity contribution is 6.39. The van der Waals surface area contributed by atoms with Crippen LogP contribution in [0.2, 0.25) is 10.0 Å². The molecule has 3 rings (SSSR count). The molecule has 2 aromatic rings. The van der Waals surface area contributed by atoms with Crippen LogP contribution in [0.4, 0.5) is 5.69 Å². The van der Waals surface area contributed by atoms with Crippen molar-refractivity contribution in [3.8, 4) is 5.75 Å². The van der Waals surface area contributed by atoms with Crippen LogP contribution >= 0.6 is 23.2 Å². The number of para-hydroxylation sites is 1. The number of aryl methyl sites for hydroxylation is 2. The molecule has 0 radical (unpaired) electrons. The molecule has 0 atom stereocenters. The molecule has 0 fully saturated rings. The zero-order chi connectivity index (χ0) is 20.1. The van der Waals surface area contributed by atoms with E-state index < -0.39 is 0 Å². The van der Waals surface area contributed by atoms with Gasteiger partial charge >= 0.3 is 0 Å². The van der Waals surface area contributed by atoms with E-state index in [1.165, 1.54) is 16.0 Å². The molecule has 0 aliphatic heterocycles. The van der Waals surface area contributed by atoms with E-state index in [4.69, 9.17) is 27.9 Å². The van der Waals surface area contributed by atoms with Crippen molar-refractivity contribution in [2.45, 2.75) is 26.2 Å². The predicted molar refractivity (Wildman–Crippen MR) is 111 cm³/mol. The van der Waals surface area contributed by atoms with Crippen LogP contribution < -0.4 is 10.1 Å². The fraction of sp³-hybridized carbons (Fsp3) is 0.333. The monoisotopic (exact) mass is 420 g/mol. The van der Waals surface area contributed by atoms with E-state index in [2.05, 4.69) is 11.4 Å². The first-order chi connectivity index (χ1) is 13.5. The molecular weight excluding hydrogens is 399 g/mol. The Morgan fingerprint density at radius 2 is 1.82 bits per heavy atom. The van der Waals surface area contributed by atoms with Crippen LogP contribution in [0.15, 0.2) is 36.4 Å². The summed E-state index contributed by atoms with van der Waals surface area (Å²) in [6.45, 7) is 1.97. The van der Waals surface area contributed by atoms with Crippen LogP contribution in [0.3, 0.4) is 0 Å². The number of nitrogens with zero attached hydrogens (tertiary/aromatic N) is 1. The summed E-state index contributed by atoms with van der Waals surface area (Å²) < 4.78 is 5.65. The van der Waals surface area contributed by atoms with Gasteiger partial charge in [0.25, 0.3) is 5.91 Å². The van der Waals surface area contributed by atoms with E-state index >= 15 is 0 Å². The standard InChI is InChI=1S/C21H22Cl2N2O3/c1-2-25(12-19(26)24-21-17(22)7-4-8-18(21)23)20(27)13-28-16-10-9-14-5-3-6-15(14)11-16/h4,7-11H,2-3,5-6,12-13H2,1H3,(H,24,26). The highest BCUT2D eigenvalue weighted by atomic mass is 35.5. The van der Waals surface area contributed by atoms with Crippen molar-refractivity contribution in [1.82, 2.24) is 4.90 Å². The van der Waals surface area contributed by atoms with E-state index in [1.807, 2.05) is 19.1 Å². The fourth-order valence-corrected chi connectivity index (χ4v) is 3.71. The largest absolute Gasteiger partial charge is 0.484 e. The molecule has 0 unspecified atom stereocenters. The third kappa shape index (κ3) is 4.97. The number of likely N-dealkylation sites (N-methyl/N-ethyl adjacent to an activating group) is 1. The van der Waals surface area contributed by atoms with Crippen molar-refractivity contribution in [3.63, 3.8) is 0 Å². The number of amides is 2. The van der Waals surface area contributed by atoms with Crippen molar-refractivity contribution in [2.24, 2.45) is 0 Å². The van der Waals surface area contributed by atoms with Crippen molar-refractivity contribution >= 4 is 40.7 Å². The number of nitrogens with one attached hydrogen (secondary N) is 1. The maximum atomic E-state index is 12.5. The number of rotatable bonds is 7. The van der Waals surface area contributed by atoms with Crippen LogP contribution in [-0.2, 0) is 22.4 Å². The summed E-state index contributed by atoms with van der Waals surface area (Å²) in [5.41, 5.74) is 2.98. The van der Waals surface area contributed by atoms with E-state index in [9.17, 15) is 9.59 Å². The molecule has 2 amide bonds. The third-order valence-corrected chi connectivity index (χ3v) is 5.36. The SMILES string of the molecule is CCN(CC(=O)Nc1c(Cl)cccc1Cl)C(=O)COc1ccc2c(c1)CCC2. The Bertz CT molecular complexity index is 866. The first kappa shape index (κ1) is 20.5. The molecule has 5 nitrogen and oxygen atoms in total. The third-order valence-electron chi connectivity index (χ3n) is 4.73. The number of benzene rings is 2. The number of carbonyl (C=O) groups is 2. The van der Waals surface area contributed by atoms with Crippen LogP contribution in [0, 0.1) is 0 Å². The second kappa shape index (κ2) is 9.30. The molecule has 1 aliphatic carbocycles. The molecule has 2 aromatic carbocycles. The van der Waals surface area contributed by atoms with E-state index in [0.29, 0.717) is 28.0 Å². The summed E-state index contributed by atoms with van der Waals surface area (Å²) in [6, 6.07) is 10.9. The van der Waals surface area contributed by atoms with Gasteiger partial charge < -0.3 is 15.0 Å². The minimum absolute atomic E-state index is 0.107. The number of halogens is 2. The van der Waals surface area contributed by atoms with E-state index in [-0.39, 0.29) is 25.0 Å². The van der Waals surface area contributed by atoms with Gasteiger partial charge in [-0.15, -0.1) is 0 Å². The summed E-state index contributed by atoms with van der Waals surface area (Å²) in [5, 5.41) is 3.35. The van der Waals surface area contributed by atoms with Crippen molar-refractivity contribution < 1.29 is 14.3 Å². The van der Waals surface area contributed by atoms with Gasteiger partial charge in [-0.05, 0) is 61.6 Å². The summed E-state index contributed by atoms with van der Waals surface area (Å²) in [5.74, 6) is 0.0449. The molecule has 0 bridgehead atoms. The topological polar surface area (TPSA) is 58.6 Å². The highest BCUT2D eigenvalue weighted by Gasteiger charge is 2.18. The fourth-order valence-electron chi connectivity index (χ4n) is 3.22. The van der Waals surface area contributed by atoms with Crippen molar-refractivity contribution in [3.05, 3.63) is 57.6 Å². The van der Waals surface area contributed by atoms with Gasteiger partial charge in [-0.2, -0.15) is 0 Å². The average molecular weight is 421 g/mol. The zero-order valence-corrected chi connectivity index (χ0v) is 17.1. The quantitative estimate of drug-likeness (QED) is 0.723. The van der Waals surface area contributed by atoms with Crippen LogP contribution in [0.1, 0.15) is 24.5 Å². The molecule has 28 heavy (non-hydrogen) atoms. The van der Waals surface area contributed by atoms with Crippen molar-refractivity contribution in [1.29, 1.82) is 0 Å². The smallest absolute Gasteiger partial charge is 0.260 e. The average Bonchev–Trinajstić information content (AvgIpc) is 3.15. The second-order valence-electron chi connectivity index (χ2n) is 6.63. The first-order valence-electron chi connectivity index (χ1n) is 9.24. The lowest BCUT2D eigenvalue weighted by Crippen LogP contribution is -2.40. The van der Waals surface area contributed by atoms with Gasteiger partial charge in [0.15, 0.2) is 6.61 Å². The summed E-state index contributed by atoms with van der Waals surface area (Å²) in [4.78, 5) is 26.2. The normalized spacial score (nSPS) is 12.4. The van der Waals surface area contributed by atoms with Gasteiger partial charge in [-0.1, -0.05) is 35.3 Å². The summed E-state index contributed by atoms with van der Waals surface area (Å²) in [6.07, 6.45) is 3.31. The Kier molecular flexibility index (Phi) is 6.81. The zero-order valence-electron chi connectivity index (χ0n) is 15.6. The molecule has 1 N–H and O–H groups in total. The van der Waals surface area contributed by atoms with Gasteiger partial charge in [0.1, 0.15) is 5.75 Å². The minimum atomic E-state index is -0.372. The molecule has 7 heteroatoms. The van der Waals surface area contributed by atoms with Crippen LogP contribution in [-0.4, -0.2) is 36.4 Å². The second-order valence-corrected chi connectivity index (χ2v) is 7.44. The van der Waals surface area contributed by atoms with Crippen molar-refractivity contribution in [2.75, 3.05) is 25.0 Å². The summed E-state index contributed by atoms with van der Waals surface area (Å²) >= 11 is 12.1. The lowest BCUT2D eigenvalue weighted by atomic mass is 10.1. The number of hydrogen-bond donors (Lipinski definition) is 1. The van der Waals surface area contributed by atoms with E-state index in [1.54, 1.807) is 18.2 Å². The molecule has 0 heterocycles. The first-order valence-corrected chi connectivity index (χ1v) is 9.99. The maximum Gasteiger partial charge on any atom is 0.260 e. The molecule has 0 saturated heterocycles. The Morgan fingerprint density at radius 3 is 2.54 bits per heavy atom. The lowest BCUT2D eigenvalue weighted by Gasteiger charge is -2.21. The predicted octanol–water partition coefficient (Wildman–Crippen LogP) is 4.35. The van der Waals surface area contributed by atoms with Gasteiger partial charge in [0, 0.05) is 6.54 Å². The highest BCUT2D eigenvalue weighted by Crippen LogP contribution is 2.29. The minimum Gasteiger partial charge on any atom is -0.484 e. The number of carbonyl (C=O) groups excluding carboxylic acids is 2. The molecule has 0 spiro atoms. The van der Waals surface area contributed by atoms with E-state index in [0.717, 1.165) is 19.3 Å². The number of fused-ring (bicyclic) bond motifs is 1. The molecule has 0 saturated carbocycles. The molecule has 0 aromatic heterocycles. The van der Waals surface area contributed by atoms with Gasteiger partial charge in [0.2, 0.25) is 5.91 Å². The number of anilines is 1. The Balaban J connectivity index is 1.55. The number of ether oxygens (including phenoxy) is 1. The van der Waals surface area contributed by atoms with Gasteiger partial charge in [0.05, 0.1) is 22.3 Å². The molecular formula is C21H22Cl2N2O3. The Hall–Kier alpha value is -2.24. The Labute approximate surface area is 174 Å². The lowest BCUT2D eigenvalue weighted by molar-refractivity contribution is -0.136. The molecule has 1 aliphatic rings. The van der Waals surface area contributed by atoms with Gasteiger partial charge in [-0.3, -0.25) is 9.59 Å². The van der Waals surface area contributed by atoms with Gasteiger partial charge in [-0.25, -0.2) is 0 Å². The summed E-state index contributed by atoms with van der Waals surface area (Å²) in [7, 11) is 0. The van der Waals surface area contributed by atoms with Crippen LogP contribution in [0.25, 0.3) is 0 Å². The Morgan fingerprint density at radius 1 is 1.11 bits per heavy atom. The number of hydrogen-bond acceptors (Lipinski definition) is 3. The molecule has 148 valence electrons.